The second-order valence-corrected chi connectivity index (χ2v) is 4.05. The van der Waals surface area contributed by atoms with Crippen LogP contribution in [0.15, 0.2) is 12.1 Å². The van der Waals surface area contributed by atoms with E-state index < -0.39 is 5.97 Å². The monoisotopic (exact) mass is 260 g/mol. The zero-order chi connectivity index (χ0) is 12.3. The van der Waals surface area contributed by atoms with E-state index in [0.29, 0.717) is 27.6 Å². The number of hydrogen-bond acceptors (Lipinski definition) is 2. The molecule has 0 aliphatic rings. The molecule has 0 aliphatic heterocycles. The summed E-state index contributed by atoms with van der Waals surface area (Å²) in [6.45, 7) is 0. The smallest absolute Gasteiger partial charge is 0.303 e. The SMILES string of the molecule is N=C(N)c1cc(Cl)c(CCC(=O)O)cc1Cl. The van der Waals surface area contributed by atoms with Crippen LogP contribution in [0.5, 0.6) is 0 Å². The second-order valence-electron chi connectivity index (χ2n) is 3.23. The van der Waals surface area contributed by atoms with E-state index in [2.05, 4.69) is 0 Å². The number of benzene rings is 1. The van der Waals surface area contributed by atoms with Gasteiger partial charge in [-0.1, -0.05) is 23.2 Å². The number of nitrogens with two attached hydrogens (primary N) is 1. The Morgan fingerprint density at radius 3 is 2.50 bits per heavy atom. The van der Waals surface area contributed by atoms with Crippen molar-refractivity contribution in [3.63, 3.8) is 0 Å². The van der Waals surface area contributed by atoms with Gasteiger partial charge in [-0.3, -0.25) is 10.2 Å². The maximum atomic E-state index is 10.4. The van der Waals surface area contributed by atoms with Crippen LogP contribution in [-0.2, 0) is 11.2 Å². The Bertz CT molecular complexity index is 447. The number of aryl methyl sites for hydroxylation is 1. The summed E-state index contributed by atoms with van der Waals surface area (Å²) in [4.78, 5) is 10.4. The number of amidine groups is 1. The molecule has 1 rings (SSSR count). The summed E-state index contributed by atoms with van der Waals surface area (Å²) >= 11 is 11.8. The van der Waals surface area contributed by atoms with Crippen LogP contribution in [-0.4, -0.2) is 16.9 Å². The van der Waals surface area contributed by atoms with E-state index in [4.69, 9.17) is 39.5 Å². The van der Waals surface area contributed by atoms with E-state index in [1.54, 1.807) is 6.07 Å². The summed E-state index contributed by atoms with van der Waals surface area (Å²) in [5.41, 5.74) is 6.29. The fourth-order valence-corrected chi connectivity index (χ4v) is 1.77. The number of carboxylic acids is 1. The molecule has 0 spiro atoms. The van der Waals surface area contributed by atoms with Crippen molar-refractivity contribution >= 4 is 35.0 Å². The lowest BCUT2D eigenvalue weighted by Gasteiger charge is -2.07. The van der Waals surface area contributed by atoms with Gasteiger partial charge < -0.3 is 10.8 Å². The number of carboxylic acid groups (broad SMARTS) is 1. The molecule has 0 atom stereocenters. The first kappa shape index (κ1) is 12.8. The highest BCUT2D eigenvalue weighted by atomic mass is 35.5. The van der Waals surface area contributed by atoms with Crippen molar-refractivity contribution in [2.45, 2.75) is 12.8 Å². The molecule has 0 saturated heterocycles. The van der Waals surface area contributed by atoms with Gasteiger partial charge in [0.2, 0.25) is 0 Å². The van der Waals surface area contributed by atoms with Crippen molar-refractivity contribution in [3.05, 3.63) is 33.3 Å². The third-order valence-electron chi connectivity index (χ3n) is 2.03. The third kappa shape index (κ3) is 3.12. The van der Waals surface area contributed by atoms with E-state index in [-0.39, 0.29) is 12.3 Å². The molecule has 1 aromatic carbocycles. The quantitative estimate of drug-likeness (QED) is 0.574. The Morgan fingerprint density at radius 2 is 2.00 bits per heavy atom. The van der Waals surface area contributed by atoms with Crippen molar-refractivity contribution in [1.29, 1.82) is 5.41 Å². The van der Waals surface area contributed by atoms with Gasteiger partial charge in [-0.15, -0.1) is 0 Å². The summed E-state index contributed by atoms with van der Waals surface area (Å²) in [7, 11) is 0. The highest BCUT2D eigenvalue weighted by molar-refractivity contribution is 6.36. The maximum absolute atomic E-state index is 10.4. The van der Waals surface area contributed by atoms with Crippen molar-refractivity contribution in [2.24, 2.45) is 5.73 Å². The average molecular weight is 261 g/mol. The first-order valence-corrected chi connectivity index (χ1v) is 5.21. The van der Waals surface area contributed by atoms with Crippen LogP contribution in [0.25, 0.3) is 0 Å². The standard InChI is InChI=1S/C10H10Cl2N2O2/c11-7-4-6(10(13)14)8(12)3-5(7)1-2-9(15)16/h3-4H,1-2H2,(H3,13,14)(H,15,16). The van der Waals surface area contributed by atoms with Gasteiger partial charge in [0.1, 0.15) is 5.84 Å². The molecular weight excluding hydrogens is 251 g/mol. The van der Waals surface area contributed by atoms with Crippen molar-refractivity contribution in [1.82, 2.24) is 0 Å². The van der Waals surface area contributed by atoms with Gasteiger partial charge in [0.05, 0.1) is 5.02 Å². The molecule has 16 heavy (non-hydrogen) atoms. The molecule has 0 amide bonds. The Balaban J connectivity index is 3.01. The van der Waals surface area contributed by atoms with Gasteiger partial charge >= 0.3 is 5.97 Å². The number of hydrogen-bond donors (Lipinski definition) is 3. The Kier molecular flexibility index (Phi) is 4.15. The molecule has 0 aromatic heterocycles. The predicted molar refractivity (Wildman–Crippen MR) is 63.4 cm³/mol. The lowest BCUT2D eigenvalue weighted by Crippen LogP contribution is -2.12. The first-order chi connectivity index (χ1) is 7.41. The highest BCUT2D eigenvalue weighted by Gasteiger charge is 2.10. The molecule has 0 aliphatic carbocycles. The Morgan fingerprint density at radius 1 is 1.38 bits per heavy atom. The molecule has 0 fully saturated rings. The number of rotatable bonds is 4. The number of halogens is 2. The van der Waals surface area contributed by atoms with E-state index in [1.807, 2.05) is 0 Å². The van der Waals surface area contributed by atoms with Crippen LogP contribution < -0.4 is 5.73 Å². The number of aliphatic carboxylic acids is 1. The fourth-order valence-electron chi connectivity index (χ4n) is 1.23. The molecule has 0 saturated carbocycles. The van der Waals surface area contributed by atoms with Crippen LogP contribution in [0.4, 0.5) is 0 Å². The minimum absolute atomic E-state index is 0.0184. The topological polar surface area (TPSA) is 87.2 Å². The van der Waals surface area contributed by atoms with Gasteiger partial charge in [-0.05, 0) is 24.1 Å². The maximum Gasteiger partial charge on any atom is 0.303 e. The summed E-state index contributed by atoms with van der Waals surface area (Å²) in [6.07, 6.45) is 0.279. The van der Waals surface area contributed by atoms with Crippen molar-refractivity contribution in [3.8, 4) is 0 Å². The van der Waals surface area contributed by atoms with Gasteiger partial charge in [-0.2, -0.15) is 0 Å². The van der Waals surface area contributed by atoms with E-state index in [1.165, 1.54) is 6.07 Å². The molecule has 0 bridgehead atoms. The zero-order valence-corrected chi connectivity index (χ0v) is 9.77. The molecule has 0 heterocycles. The van der Waals surface area contributed by atoms with Crippen LogP contribution in [0.2, 0.25) is 10.0 Å². The minimum atomic E-state index is -0.900. The second kappa shape index (κ2) is 5.18. The van der Waals surface area contributed by atoms with E-state index >= 15 is 0 Å². The van der Waals surface area contributed by atoms with Gasteiger partial charge in [0, 0.05) is 17.0 Å². The summed E-state index contributed by atoms with van der Waals surface area (Å²) < 4.78 is 0. The van der Waals surface area contributed by atoms with E-state index in [0.717, 1.165) is 0 Å². The Labute approximate surface area is 102 Å². The average Bonchev–Trinajstić information content (AvgIpc) is 2.18. The van der Waals surface area contributed by atoms with Crippen molar-refractivity contribution < 1.29 is 9.90 Å². The lowest BCUT2D eigenvalue weighted by molar-refractivity contribution is -0.136. The van der Waals surface area contributed by atoms with Crippen molar-refractivity contribution in [2.75, 3.05) is 0 Å². The molecule has 4 N–H and O–H groups in total. The lowest BCUT2D eigenvalue weighted by atomic mass is 10.1. The predicted octanol–water partition coefficient (Wildman–Crippen LogP) is 2.29. The van der Waals surface area contributed by atoms with E-state index in [9.17, 15) is 4.79 Å². The van der Waals surface area contributed by atoms with Crippen LogP contribution in [0.1, 0.15) is 17.5 Å². The van der Waals surface area contributed by atoms with Crippen LogP contribution in [0.3, 0.4) is 0 Å². The molecule has 86 valence electrons. The zero-order valence-electron chi connectivity index (χ0n) is 8.26. The summed E-state index contributed by atoms with van der Waals surface area (Å²) in [6, 6.07) is 3.02. The molecule has 6 heteroatoms. The summed E-state index contributed by atoms with van der Waals surface area (Å²) in [5, 5.41) is 16.5. The van der Waals surface area contributed by atoms with Gasteiger partial charge in [0.25, 0.3) is 0 Å². The minimum Gasteiger partial charge on any atom is -0.481 e. The largest absolute Gasteiger partial charge is 0.481 e. The molecule has 1 aromatic rings. The fraction of sp³-hybridized carbons (Fsp3) is 0.200. The number of carbonyl (C=O) groups is 1. The van der Waals surface area contributed by atoms with Gasteiger partial charge in [-0.25, -0.2) is 0 Å². The number of nitrogens with one attached hydrogen (secondary N) is 1. The first-order valence-electron chi connectivity index (χ1n) is 4.46. The highest BCUT2D eigenvalue weighted by Crippen LogP contribution is 2.26. The summed E-state index contributed by atoms with van der Waals surface area (Å²) in [5.74, 6) is -1.07. The molecule has 0 radical (unpaired) electrons. The molecular formula is C10H10Cl2N2O2. The molecule has 0 unspecified atom stereocenters. The van der Waals surface area contributed by atoms with Gasteiger partial charge in [0.15, 0.2) is 0 Å². The molecule has 4 nitrogen and oxygen atoms in total. The third-order valence-corrected chi connectivity index (χ3v) is 2.70. The normalized spacial score (nSPS) is 10.1. The van der Waals surface area contributed by atoms with Crippen LogP contribution >= 0.6 is 23.2 Å². The Hall–Kier alpha value is -1.26. The van der Waals surface area contributed by atoms with Crippen LogP contribution in [0, 0.1) is 5.41 Å². The number of nitrogen functional groups attached to an aromatic ring is 1.